The molecule has 4 rings (SSSR count). The topological polar surface area (TPSA) is 109 Å². The van der Waals surface area contributed by atoms with Crippen LogP contribution in [0.25, 0.3) is 16.9 Å². The van der Waals surface area contributed by atoms with Crippen LogP contribution >= 0.6 is 8.58 Å². The molecule has 0 fully saturated rings. The van der Waals surface area contributed by atoms with Gasteiger partial charge in [0.1, 0.15) is 11.6 Å². The number of aromatic nitrogens is 3. The maximum atomic E-state index is 12.8. The molecule has 0 bridgehead atoms. The molecular weight excluding hydrogens is 493 g/mol. The zero-order valence-electron chi connectivity index (χ0n) is 20.9. The molecular formula is C26H32N5O3PS. The Morgan fingerprint density at radius 1 is 1.08 bits per heavy atom. The first-order valence-corrected chi connectivity index (χ1v) is 14.8. The van der Waals surface area contributed by atoms with Crippen LogP contribution in [0.15, 0.2) is 65.7 Å². The van der Waals surface area contributed by atoms with Crippen LogP contribution in [-0.4, -0.2) is 47.9 Å². The first-order chi connectivity index (χ1) is 17.2. The van der Waals surface area contributed by atoms with E-state index in [-0.39, 0.29) is 22.6 Å². The van der Waals surface area contributed by atoms with Crippen molar-refractivity contribution in [1.29, 1.82) is 0 Å². The molecule has 1 unspecified atom stereocenters. The van der Waals surface area contributed by atoms with Crippen LogP contribution in [0.1, 0.15) is 32.8 Å². The fourth-order valence-corrected chi connectivity index (χ4v) is 5.45. The highest BCUT2D eigenvalue weighted by atomic mass is 32.2. The molecule has 0 aliphatic carbocycles. The minimum absolute atomic E-state index is 0.00442. The van der Waals surface area contributed by atoms with Crippen molar-refractivity contribution in [3.8, 4) is 17.0 Å². The van der Waals surface area contributed by atoms with Crippen LogP contribution in [-0.2, 0) is 15.4 Å². The third-order valence-corrected chi connectivity index (χ3v) is 8.84. The van der Waals surface area contributed by atoms with E-state index in [4.69, 9.17) is 4.98 Å². The number of aromatic hydroxyl groups is 1. The predicted octanol–water partition coefficient (Wildman–Crippen LogP) is 4.11. The van der Waals surface area contributed by atoms with Gasteiger partial charge in [-0.1, -0.05) is 53.6 Å². The molecule has 0 aliphatic heterocycles. The van der Waals surface area contributed by atoms with E-state index >= 15 is 0 Å². The Kier molecular flexibility index (Phi) is 7.64. The molecule has 2 heterocycles. The number of hydrogen-bond acceptors (Lipinski definition) is 6. The number of sulfonamides is 1. The first kappa shape index (κ1) is 26.1. The summed E-state index contributed by atoms with van der Waals surface area (Å²) in [6.07, 6.45) is 2.75. The number of rotatable bonds is 10. The van der Waals surface area contributed by atoms with Crippen LogP contribution in [0.5, 0.6) is 5.75 Å². The Morgan fingerprint density at radius 3 is 2.47 bits per heavy atom. The zero-order chi connectivity index (χ0) is 25.9. The summed E-state index contributed by atoms with van der Waals surface area (Å²) in [5, 5.41) is 19.1. The molecule has 2 aromatic carbocycles. The highest BCUT2D eigenvalue weighted by Gasteiger charge is 2.20. The van der Waals surface area contributed by atoms with Gasteiger partial charge in [-0.05, 0) is 48.3 Å². The van der Waals surface area contributed by atoms with Gasteiger partial charge in [0.2, 0.25) is 10.0 Å². The molecule has 0 saturated heterocycles. The Labute approximate surface area is 214 Å². The standard InChI is InChI=1S/C26H32N5O3PS/c1-5-26(2,3)18-10-12-19(13-11-18)36(33,34)29-15-14-27-24-16-21(20-8-6-7-9-22(20)32)30-25-23(35-4)17-28-31(24)25/h6-13,16-17,27,29,32,35H,5,14-15H2,1-4H3. The number of nitrogens with zero attached hydrogens (tertiary/aromatic N) is 3. The van der Waals surface area contributed by atoms with Crippen molar-refractivity contribution in [2.24, 2.45) is 0 Å². The van der Waals surface area contributed by atoms with Gasteiger partial charge in [-0.2, -0.15) is 9.61 Å². The Bertz CT molecular complexity index is 1470. The van der Waals surface area contributed by atoms with E-state index in [9.17, 15) is 13.5 Å². The first-order valence-electron chi connectivity index (χ1n) is 11.9. The predicted molar refractivity (Wildman–Crippen MR) is 147 cm³/mol. The maximum absolute atomic E-state index is 12.8. The van der Waals surface area contributed by atoms with E-state index in [0.717, 1.165) is 17.3 Å². The van der Waals surface area contributed by atoms with Crippen LogP contribution in [0.4, 0.5) is 5.82 Å². The van der Waals surface area contributed by atoms with Crippen LogP contribution in [0.2, 0.25) is 0 Å². The monoisotopic (exact) mass is 525 g/mol. The molecule has 0 spiro atoms. The van der Waals surface area contributed by atoms with E-state index in [1.807, 2.05) is 24.3 Å². The van der Waals surface area contributed by atoms with Gasteiger partial charge in [0, 0.05) is 30.0 Å². The highest BCUT2D eigenvalue weighted by Crippen LogP contribution is 2.30. The smallest absolute Gasteiger partial charge is 0.240 e. The van der Waals surface area contributed by atoms with E-state index in [1.54, 1.807) is 41.0 Å². The number of phenolic OH excluding ortho intramolecular Hbond substituents is 1. The van der Waals surface area contributed by atoms with E-state index < -0.39 is 10.0 Å². The van der Waals surface area contributed by atoms with Gasteiger partial charge in [0.05, 0.1) is 16.8 Å². The van der Waals surface area contributed by atoms with Gasteiger partial charge in [-0.25, -0.2) is 18.1 Å². The molecule has 0 amide bonds. The molecule has 36 heavy (non-hydrogen) atoms. The zero-order valence-corrected chi connectivity index (χ0v) is 22.7. The second-order valence-electron chi connectivity index (χ2n) is 9.17. The number of para-hydroxylation sites is 1. The number of hydrogen-bond donors (Lipinski definition) is 3. The normalized spacial score (nSPS) is 12.6. The minimum Gasteiger partial charge on any atom is -0.507 e. The lowest BCUT2D eigenvalue weighted by Gasteiger charge is -2.23. The van der Waals surface area contributed by atoms with E-state index in [2.05, 4.69) is 42.6 Å². The van der Waals surface area contributed by atoms with Gasteiger partial charge in [0.25, 0.3) is 0 Å². The van der Waals surface area contributed by atoms with Crippen molar-refractivity contribution < 1.29 is 13.5 Å². The number of phenols is 1. The van der Waals surface area contributed by atoms with Crippen LogP contribution in [0, 0.1) is 0 Å². The summed E-state index contributed by atoms with van der Waals surface area (Å²) in [6, 6.07) is 15.9. The second kappa shape index (κ2) is 10.5. The maximum Gasteiger partial charge on any atom is 0.240 e. The average molecular weight is 526 g/mol. The van der Waals surface area contributed by atoms with Crippen molar-refractivity contribution in [3.05, 3.63) is 66.4 Å². The summed E-state index contributed by atoms with van der Waals surface area (Å²) in [4.78, 5) is 4.97. The fourth-order valence-electron chi connectivity index (χ4n) is 3.84. The SMILES string of the molecule is CCC(C)(C)c1ccc(S(=O)(=O)NCCNc2cc(-c3ccccc3O)nc3c(PC)cnn23)cc1. The van der Waals surface area contributed by atoms with Gasteiger partial charge in [0.15, 0.2) is 5.65 Å². The quantitative estimate of drug-likeness (QED) is 0.212. The third kappa shape index (κ3) is 5.38. The van der Waals surface area contributed by atoms with Gasteiger partial charge < -0.3 is 10.4 Å². The van der Waals surface area contributed by atoms with Gasteiger partial charge >= 0.3 is 0 Å². The number of nitrogens with one attached hydrogen (secondary N) is 2. The minimum atomic E-state index is -3.64. The molecule has 0 radical (unpaired) electrons. The summed E-state index contributed by atoms with van der Waals surface area (Å²) < 4.78 is 30.0. The van der Waals surface area contributed by atoms with Gasteiger partial charge in [-0.3, -0.25) is 0 Å². The van der Waals surface area contributed by atoms with Crippen molar-refractivity contribution in [1.82, 2.24) is 19.3 Å². The van der Waals surface area contributed by atoms with Crippen LogP contribution in [0.3, 0.4) is 0 Å². The molecule has 0 aliphatic rings. The second-order valence-corrected chi connectivity index (χ2v) is 12.0. The largest absolute Gasteiger partial charge is 0.507 e. The molecule has 3 N–H and O–H groups in total. The lowest BCUT2D eigenvalue weighted by molar-refractivity contribution is 0.477. The Balaban J connectivity index is 1.50. The lowest BCUT2D eigenvalue weighted by atomic mass is 9.82. The highest BCUT2D eigenvalue weighted by molar-refractivity contribution is 7.89. The summed E-state index contributed by atoms with van der Waals surface area (Å²) in [5.74, 6) is 0.800. The molecule has 4 aromatic rings. The third-order valence-electron chi connectivity index (χ3n) is 6.47. The molecule has 1 atom stereocenters. The number of fused-ring (bicyclic) bond motifs is 1. The number of benzene rings is 2. The summed E-state index contributed by atoms with van der Waals surface area (Å²) in [5.41, 5.74) is 3.03. The Hall–Kier alpha value is -3.00. The molecule has 8 nitrogen and oxygen atoms in total. The van der Waals surface area contributed by atoms with Crippen molar-refractivity contribution >= 4 is 35.4 Å². The summed E-state index contributed by atoms with van der Waals surface area (Å²) in [7, 11) is -3.14. The van der Waals surface area contributed by atoms with E-state index in [0.29, 0.717) is 37.8 Å². The van der Waals surface area contributed by atoms with Crippen molar-refractivity contribution in [2.75, 3.05) is 25.1 Å². The average Bonchev–Trinajstić information content (AvgIpc) is 3.30. The summed E-state index contributed by atoms with van der Waals surface area (Å²) >= 11 is 0. The summed E-state index contributed by atoms with van der Waals surface area (Å²) in [6.45, 7) is 8.99. The van der Waals surface area contributed by atoms with Crippen LogP contribution < -0.4 is 15.3 Å². The lowest BCUT2D eigenvalue weighted by Crippen LogP contribution is -2.29. The Morgan fingerprint density at radius 2 is 1.81 bits per heavy atom. The van der Waals surface area contributed by atoms with Gasteiger partial charge in [-0.15, -0.1) is 0 Å². The molecule has 2 aromatic heterocycles. The fraction of sp³-hybridized carbons (Fsp3) is 0.308. The number of anilines is 1. The molecule has 190 valence electrons. The van der Waals surface area contributed by atoms with Crippen molar-refractivity contribution in [3.63, 3.8) is 0 Å². The molecule has 10 heteroatoms. The van der Waals surface area contributed by atoms with E-state index in [1.165, 1.54) is 0 Å². The van der Waals surface area contributed by atoms with Crippen molar-refractivity contribution in [2.45, 2.75) is 37.5 Å². The molecule has 0 saturated carbocycles.